The van der Waals surface area contributed by atoms with Crippen molar-refractivity contribution in [3.05, 3.63) is 78.9 Å². The first-order valence-corrected chi connectivity index (χ1v) is 13.4. The number of aryl methyl sites for hydroxylation is 2. The number of sulfone groups is 2. The largest absolute Gasteiger partial charge is 0.272 e. The van der Waals surface area contributed by atoms with Gasteiger partial charge < -0.3 is 0 Å². The highest BCUT2D eigenvalue weighted by atomic mass is 32.2. The standard InChI is InChI=1S/C11H13NO4S.C9H11NO4S/c1-8-7-9(3-4-10(8)12(13)14)11(5-6-11)17(2,15)16;1-7-5-8(6-15(2,13)14)3-4-9(7)10(11)12/h3-4,7H,5-6H2,1-2H3;3-5H,6H2,1-2H3. The number of hydrogen-bond donors (Lipinski definition) is 0. The van der Waals surface area contributed by atoms with Crippen LogP contribution < -0.4 is 0 Å². The van der Waals surface area contributed by atoms with Gasteiger partial charge in [0.2, 0.25) is 0 Å². The highest BCUT2D eigenvalue weighted by Crippen LogP contribution is 2.52. The van der Waals surface area contributed by atoms with Crippen LogP contribution in [0.15, 0.2) is 36.4 Å². The molecule has 1 fully saturated rings. The van der Waals surface area contributed by atoms with Crippen LogP contribution in [-0.4, -0.2) is 39.2 Å². The van der Waals surface area contributed by atoms with Crippen molar-refractivity contribution < 1.29 is 26.7 Å². The van der Waals surface area contributed by atoms with Crippen LogP contribution in [0.5, 0.6) is 0 Å². The Balaban J connectivity index is 0.000000229. The molecule has 10 nitrogen and oxygen atoms in total. The molecule has 0 aromatic heterocycles. The van der Waals surface area contributed by atoms with E-state index in [0.717, 1.165) is 6.26 Å². The van der Waals surface area contributed by atoms with Crippen LogP contribution in [0.2, 0.25) is 0 Å². The minimum atomic E-state index is -3.16. The van der Waals surface area contributed by atoms with Gasteiger partial charge in [-0.2, -0.15) is 0 Å². The second-order valence-electron chi connectivity index (χ2n) is 7.97. The van der Waals surface area contributed by atoms with Gasteiger partial charge in [-0.05, 0) is 49.9 Å². The van der Waals surface area contributed by atoms with Crippen molar-refractivity contribution in [1.82, 2.24) is 0 Å². The molecular formula is C20H24N2O8S2. The van der Waals surface area contributed by atoms with Crippen LogP contribution in [0.3, 0.4) is 0 Å². The topological polar surface area (TPSA) is 155 Å². The summed E-state index contributed by atoms with van der Waals surface area (Å²) in [6, 6.07) is 8.88. The van der Waals surface area contributed by atoms with E-state index in [1.165, 1.54) is 30.5 Å². The molecular weight excluding hydrogens is 460 g/mol. The summed E-state index contributed by atoms with van der Waals surface area (Å²) in [4.78, 5) is 20.2. The Bertz CT molecular complexity index is 1280. The van der Waals surface area contributed by atoms with Crippen molar-refractivity contribution in [2.45, 2.75) is 37.2 Å². The highest BCUT2D eigenvalue weighted by Gasteiger charge is 2.53. The van der Waals surface area contributed by atoms with Gasteiger partial charge in [-0.25, -0.2) is 16.8 Å². The lowest BCUT2D eigenvalue weighted by Crippen LogP contribution is -2.19. The lowest BCUT2D eigenvalue weighted by Gasteiger charge is -2.13. The fourth-order valence-corrected chi connectivity index (χ4v) is 5.63. The lowest BCUT2D eigenvalue weighted by molar-refractivity contribution is -0.385. The predicted molar refractivity (Wildman–Crippen MR) is 120 cm³/mol. The number of hydrogen-bond acceptors (Lipinski definition) is 8. The molecule has 174 valence electrons. The van der Waals surface area contributed by atoms with Crippen molar-refractivity contribution >= 4 is 31.0 Å². The Hall–Kier alpha value is -2.86. The molecule has 0 radical (unpaired) electrons. The summed E-state index contributed by atoms with van der Waals surface area (Å²) in [5.74, 6) is -0.0914. The Labute approximate surface area is 186 Å². The van der Waals surface area contributed by atoms with Gasteiger partial charge in [0, 0.05) is 35.8 Å². The Kier molecular flexibility index (Phi) is 7.10. The average molecular weight is 485 g/mol. The number of nitrogens with zero attached hydrogens (tertiary/aromatic N) is 2. The normalized spacial score (nSPS) is 14.8. The van der Waals surface area contributed by atoms with Crippen molar-refractivity contribution in [1.29, 1.82) is 0 Å². The van der Waals surface area contributed by atoms with E-state index in [-0.39, 0.29) is 17.1 Å². The minimum absolute atomic E-state index is 0.00671. The zero-order valence-corrected chi connectivity index (χ0v) is 19.7. The Morgan fingerprint density at radius 1 is 0.844 bits per heavy atom. The van der Waals surface area contributed by atoms with E-state index in [1.807, 2.05) is 0 Å². The summed E-state index contributed by atoms with van der Waals surface area (Å²) >= 11 is 0. The van der Waals surface area contributed by atoms with Crippen molar-refractivity contribution in [2.75, 3.05) is 12.5 Å². The highest BCUT2D eigenvalue weighted by molar-refractivity contribution is 7.92. The zero-order valence-electron chi connectivity index (χ0n) is 18.1. The Morgan fingerprint density at radius 2 is 1.31 bits per heavy atom. The fourth-order valence-electron chi connectivity index (χ4n) is 3.45. The molecule has 0 bridgehead atoms. The summed E-state index contributed by atoms with van der Waals surface area (Å²) in [7, 11) is -6.26. The number of rotatable bonds is 6. The molecule has 0 heterocycles. The molecule has 1 aliphatic rings. The summed E-state index contributed by atoms with van der Waals surface area (Å²) < 4.78 is 44.6. The van der Waals surface area contributed by atoms with Gasteiger partial charge in [-0.1, -0.05) is 12.1 Å². The second kappa shape index (κ2) is 8.94. The molecule has 2 aromatic rings. The first kappa shape index (κ1) is 25.4. The van der Waals surface area contributed by atoms with Crippen LogP contribution in [0.4, 0.5) is 11.4 Å². The maximum Gasteiger partial charge on any atom is 0.272 e. The first-order valence-electron chi connectivity index (χ1n) is 9.44. The van der Waals surface area contributed by atoms with Gasteiger partial charge in [0.1, 0.15) is 0 Å². The summed E-state index contributed by atoms with van der Waals surface area (Å²) in [5.41, 5.74) is 2.25. The molecule has 1 aliphatic carbocycles. The quantitative estimate of drug-likeness (QED) is 0.446. The van der Waals surface area contributed by atoms with E-state index in [9.17, 15) is 37.1 Å². The van der Waals surface area contributed by atoms with Crippen molar-refractivity contribution in [3.8, 4) is 0 Å². The first-order chi connectivity index (χ1) is 14.6. The number of benzene rings is 2. The molecule has 1 saturated carbocycles. The molecule has 12 heteroatoms. The van der Waals surface area contributed by atoms with Crippen LogP contribution in [0.1, 0.15) is 35.1 Å². The number of nitro benzene ring substituents is 2. The van der Waals surface area contributed by atoms with E-state index in [2.05, 4.69) is 0 Å². The van der Waals surface area contributed by atoms with E-state index >= 15 is 0 Å². The molecule has 3 rings (SSSR count). The molecule has 0 aliphatic heterocycles. The van der Waals surface area contributed by atoms with Gasteiger partial charge in [0.05, 0.1) is 20.3 Å². The monoisotopic (exact) mass is 484 g/mol. The minimum Gasteiger partial charge on any atom is -0.258 e. The van der Waals surface area contributed by atoms with Gasteiger partial charge in [-0.3, -0.25) is 20.2 Å². The molecule has 0 N–H and O–H groups in total. The molecule has 0 saturated heterocycles. The van der Waals surface area contributed by atoms with Crippen LogP contribution in [-0.2, 0) is 30.2 Å². The summed E-state index contributed by atoms with van der Waals surface area (Å²) in [6.07, 6.45) is 3.55. The van der Waals surface area contributed by atoms with Crippen molar-refractivity contribution in [2.24, 2.45) is 0 Å². The third-order valence-electron chi connectivity index (χ3n) is 5.22. The predicted octanol–water partition coefficient (Wildman–Crippen LogP) is 3.38. The lowest BCUT2D eigenvalue weighted by atomic mass is 10.1. The maximum atomic E-state index is 11.7. The van der Waals surface area contributed by atoms with E-state index < -0.39 is 34.3 Å². The van der Waals surface area contributed by atoms with Crippen molar-refractivity contribution in [3.63, 3.8) is 0 Å². The van der Waals surface area contributed by atoms with E-state index in [0.29, 0.717) is 35.1 Å². The third-order valence-corrected chi connectivity index (χ3v) is 8.14. The molecule has 0 unspecified atom stereocenters. The molecule has 32 heavy (non-hydrogen) atoms. The van der Waals surface area contributed by atoms with E-state index in [4.69, 9.17) is 0 Å². The summed E-state index contributed by atoms with van der Waals surface area (Å²) in [6.45, 7) is 3.21. The molecule has 2 aromatic carbocycles. The Morgan fingerprint density at radius 3 is 1.66 bits per heavy atom. The van der Waals surface area contributed by atoms with Gasteiger partial charge in [0.15, 0.2) is 19.7 Å². The maximum absolute atomic E-state index is 11.7. The SMILES string of the molecule is Cc1cc(C2(S(C)(=O)=O)CC2)ccc1[N+](=O)[O-].Cc1cc(CS(C)(=O)=O)ccc1[N+](=O)[O-]. The van der Waals surface area contributed by atoms with Crippen LogP contribution in [0.25, 0.3) is 0 Å². The van der Waals surface area contributed by atoms with E-state index in [1.54, 1.807) is 26.0 Å². The zero-order chi connectivity index (χ0) is 24.5. The third kappa shape index (κ3) is 5.88. The van der Waals surface area contributed by atoms with Gasteiger partial charge in [-0.15, -0.1) is 0 Å². The molecule has 0 amide bonds. The molecule has 0 spiro atoms. The molecule has 0 atom stereocenters. The number of nitro groups is 2. The fraction of sp³-hybridized carbons (Fsp3) is 0.400. The smallest absolute Gasteiger partial charge is 0.258 e. The van der Waals surface area contributed by atoms with Crippen LogP contribution >= 0.6 is 0 Å². The van der Waals surface area contributed by atoms with Gasteiger partial charge >= 0.3 is 0 Å². The average Bonchev–Trinajstić information content (AvgIpc) is 3.42. The van der Waals surface area contributed by atoms with Crippen LogP contribution in [0, 0.1) is 34.1 Å². The van der Waals surface area contributed by atoms with Gasteiger partial charge in [0.25, 0.3) is 11.4 Å². The summed E-state index contributed by atoms with van der Waals surface area (Å²) in [5, 5.41) is 21.2. The second-order valence-corrected chi connectivity index (χ2v) is 12.4.